The number of carbonyl (C=O) groups is 3. The molecule has 1 saturated heterocycles. The fourth-order valence-corrected chi connectivity index (χ4v) is 3.44. The van der Waals surface area contributed by atoms with E-state index in [-0.39, 0.29) is 29.9 Å². The van der Waals surface area contributed by atoms with Gasteiger partial charge in [0.05, 0.1) is 31.3 Å². The third-order valence-electron chi connectivity index (χ3n) is 4.24. The van der Waals surface area contributed by atoms with Crippen LogP contribution in [0.3, 0.4) is 0 Å². The van der Waals surface area contributed by atoms with Gasteiger partial charge in [-0.15, -0.1) is 0 Å². The predicted molar refractivity (Wildman–Crippen MR) is 114 cm³/mol. The fourth-order valence-electron chi connectivity index (χ4n) is 2.88. The second-order valence-electron chi connectivity index (χ2n) is 6.84. The summed E-state index contributed by atoms with van der Waals surface area (Å²) in [6.07, 6.45) is 1.48. The molecule has 164 valence electrons. The van der Waals surface area contributed by atoms with E-state index in [1.54, 1.807) is 12.1 Å². The summed E-state index contributed by atoms with van der Waals surface area (Å²) in [4.78, 5) is 37.5. The first-order valence-electron chi connectivity index (χ1n) is 9.29. The molecule has 0 atom stereocenters. The number of imide groups is 1. The standard InChI is InChI=1S/C21H21BrN2O7/c1-11(2)30-18-14(22)7-12(9-17(18)28-3)8-15-19(25)24(21(27)23-15)10-13-5-6-16(31-13)20(26)29-4/h5-9,11H,10H2,1-4H3,(H,23,27). The van der Waals surface area contributed by atoms with Gasteiger partial charge in [-0.3, -0.25) is 9.69 Å². The average molecular weight is 493 g/mol. The van der Waals surface area contributed by atoms with Crippen molar-refractivity contribution in [1.29, 1.82) is 0 Å². The number of hydrogen-bond donors (Lipinski definition) is 1. The maximum atomic E-state index is 12.7. The van der Waals surface area contributed by atoms with E-state index in [0.717, 1.165) is 4.90 Å². The minimum absolute atomic E-state index is 0.0130. The van der Waals surface area contributed by atoms with Crippen molar-refractivity contribution in [2.75, 3.05) is 14.2 Å². The Balaban J connectivity index is 1.82. The first kappa shape index (κ1) is 22.4. The molecule has 0 spiro atoms. The summed E-state index contributed by atoms with van der Waals surface area (Å²) >= 11 is 3.45. The van der Waals surface area contributed by atoms with E-state index in [1.165, 1.54) is 32.4 Å². The highest BCUT2D eigenvalue weighted by atomic mass is 79.9. The molecule has 31 heavy (non-hydrogen) atoms. The topological polar surface area (TPSA) is 107 Å². The number of methoxy groups -OCH3 is 2. The van der Waals surface area contributed by atoms with Crippen LogP contribution in [0.25, 0.3) is 6.08 Å². The Morgan fingerprint density at radius 1 is 1.26 bits per heavy atom. The van der Waals surface area contributed by atoms with Crippen LogP contribution in [-0.2, 0) is 16.1 Å². The lowest BCUT2D eigenvalue weighted by atomic mass is 10.1. The van der Waals surface area contributed by atoms with Crippen molar-refractivity contribution in [3.05, 3.63) is 51.5 Å². The number of amides is 3. The molecule has 3 amide bonds. The molecule has 1 fully saturated rings. The number of hydrogen-bond acceptors (Lipinski definition) is 7. The smallest absolute Gasteiger partial charge is 0.373 e. The molecule has 1 aromatic heterocycles. The Morgan fingerprint density at radius 3 is 2.65 bits per heavy atom. The Morgan fingerprint density at radius 2 is 2.00 bits per heavy atom. The van der Waals surface area contributed by atoms with Crippen LogP contribution in [-0.4, -0.2) is 43.1 Å². The number of benzene rings is 1. The molecule has 0 unspecified atom stereocenters. The monoisotopic (exact) mass is 492 g/mol. The normalized spacial score (nSPS) is 14.9. The lowest BCUT2D eigenvalue weighted by Gasteiger charge is -2.16. The molecule has 1 aromatic carbocycles. The van der Waals surface area contributed by atoms with Gasteiger partial charge in [-0.2, -0.15) is 0 Å². The number of furan rings is 1. The van der Waals surface area contributed by atoms with Gasteiger partial charge in [-0.1, -0.05) is 0 Å². The first-order chi connectivity index (χ1) is 14.7. The number of halogens is 1. The van der Waals surface area contributed by atoms with Crippen LogP contribution in [0.4, 0.5) is 4.79 Å². The summed E-state index contributed by atoms with van der Waals surface area (Å²) in [5.41, 5.74) is 0.715. The second-order valence-corrected chi connectivity index (χ2v) is 7.69. The van der Waals surface area contributed by atoms with Gasteiger partial charge in [0.1, 0.15) is 11.5 Å². The quantitative estimate of drug-likeness (QED) is 0.356. The molecule has 2 heterocycles. The maximum absolute atomic E-state index is 12.7. The molecule has 9 nitrogen and oxygen atoms in total. The summed E-state index contributed by atoms with van der Waals surface area (Å²) < 4.78 is 21.7. The number of carbonyl (C=O) groups excluding carboxylic acids is 3. The van der Waals surface area contributed by atoms with Crippen molar-refractivity contribution in [1.82, 2.24) is 10.2 Å². The van der Waals surface area contributed by atoms with Crippen LogP contribution in [0.5, 0.6) is 11.5 Å². The van der Waals surface area contributed by atoms with Crippen LogP contribution in [0.2, 0.25) is 0 Å². The zero-order valence-corrected chi connectivity index (χ0v) is 18.9. The average Bonchev–Trinajstić information content (AvgIpc) is 3.29. The third-order valence-corrected chi connectivity index (χ3v) is 4.83. The van der Waals surface area contributed by atoms with Crippen molar-refractivity contribution >= 4 is 39.9 Å². The summed E-state index contributed by atoms with van der Waals surface area (Å²) in [6.45, 7) is 3.67. The van der Waals surface area contributed by atoms with Gasteiger partial charge >= 0.3 is 12.0 Å². The zero-order valence-electron chi connectivity index (χ0n) is 17.4. The lowest BCUT2D eigenvalue weighted by molar-refractivity contribution is -0.123. The Bertz CT molecular complexity index is 1060. The Labute approximate surface area is 187 Å². The van der Waals surface area contributed by atoms with E-state index >= 15 is 0 Å². The number of nitrogens with zero attached hydrogens (tertiary/aromatic N) is 1. The van der Waals surface area contributed by atoms with Crippen LogP contribution in [0.1, 0.15) is 35.7 Å². The molecule has 0 saturated carbocycles. The van der Waals surface area contributed by atoms with Crippen molar-refractivity contribution < 1.29 is 33.0 Å². The number of esters is 1. The summed E-state index contributed by atoms with van der Waals surface area (Å²) in [7, 11) is 2.75. The van der Waals surface area contributed by atoms with Crippen molar-refractivity contribution in [2.24, 2.45) is 0 Å². The molecule has 1 N–H and O–H groups in total. The second kappa shape index (κ2) is 9.25. The highest BCUT2D eigenvalue weighted by Gasteiger charge is 2.34. The molecule has 1 aliphatic rings. The van der Waals surface area contributed by atoms with E-state index in [1.807, 2.05) is 13.8 Å². The number of nitrogens with one attached hydrogen (secondary N) is 1. The third kappa shape index (κ3) is 4.91. The van der Waals surface area contributed by atoms with Gasteiger partial charge < -0.3 is 23.9 Å². The predicted octanol–water partition coefficient (Wildman–Crippen LogP) is 3.72. The van der Waals surface area contributed by atoms with Gasteiger partial charge in [0.15, 0.2) is 11.5 Å². The molecule has 10 heteroatoms. The molecular weight excluding hydrogens is 472 g/mol. The minimum Gasteiger partial charge on any atom is -0.493 e. The highest BCUT2D eigenvalue weighted by molar-refractivity contribution is 9.10. The Kier molecular flexibility index (Phi) is 6.69. The molecular formula is C21H21BrN2O7. The minimum atomic E-state index is -0.645. The fraction of sp³-hybridized carbons (Fsp3) is 0.286. The van der Waals surface area contributed by atoms with E-state index in [4.69, 9.17) is 13.9 Å². The van der Waals surface area contributed by atoms with Gasteiger partial charge in [-0.25, -0.2) is 9.59 Å². The van der Waals surface area contributed by atoms with Crippen molar-refractivity contribution in [3.63, 3.8) is 0 Å². The van der Waals surface area contributed by atoms with E-state index in [2.05, 4.69) is 26.0 Å². The number of urea groups is 1. The van der Waals surface area contributed by atoms with Crippen LogP contribution in [0.15, 0.2) is 38.9 Å². The van der Waals surface area contributed by atoms with E-state index < -0.39 is 17.9 Å². The van der Waals surface area contributed by atoms with Gasteiger partial charge in [0.2, 0.25) is 5.76 Å². The van der Waals surface area contributed by atoms with Gasteiger partial charge in [-0.05, 0) is 65.7 Å². The largest absolute Gasteiger partial charge is 0.493 e. The Hall–Kier alpha value is -3.27. The van der Waals surface area contributed by atoms with Crippen LogP contribution in [0, 0.1) is 0 Å². The number of rotatable bonds is 7. The van der Waals surface area contributed by atoms with Crippen LogP contribution >= 0.6 is 15.9 Å². The van der Waals surface area contributed by atoms with Crippen molar-refractivity contribution in [2.45, 2.75) is 26.5 Å². The first-order valence-corrected chi connectivity index (χ1v) is 10.1. The van der Waals surface area contributed by atoms with Crippen LogP contribution < -0.4 is 14.8 Å². The molecule has 0 aliphatic carbocycles. The van der Waals surface area contributed by atoms with E-state index in [9.17, 15) is 14.4 Å². The summed E-state index contributed by atoms with van der Waals surface area (Å²) in [5, 5.41) is 2.54. The highest BCUT2D eigenvalue weighted by Crippen LogP contribution is 2.38. The summed E-state index contributed by atoms with van der Waals surface area (Å²) in [5.74, 6) is 0.106. The zero-order chi connectivity index (χ0) is 22.7. The van der Waals surface area contributed by atoms with Gasteiger partial charge in [0.25, 0.3) is 5.91 Å². The lowest BCUT2D eigenvalue weighted by Crippen LogP contribution is -2.30. The SMILES string of the molecule is COC(=O)c1ccc(CN2C(=O)NC(=Cc3cc(Br)c(OC(C)C)c(OC)c3)C2=O)o1. The van der Waals surface area contributed by atoms with E-state index in [0.29, 0.717) is 21.5 Å². The molecule has 1 aliphatic heterocycles. The number of ether oxygens (including phenoxy) is 3. The molecule has 2 aromatic rings. The summed E-state index contributed by atoms with van der Waals surface area (Å²) in [6, 6.07) is 5.78. The van der Waals surface area contributed by atoms with Crippen molar-refractivity contribution in [3.8, 4) is 11.5 Å². The molecule has 3 rings (SSSR count). The molecule has 0 radical (unpaired) electrons. The maximum Gasteiger partial charge on any atom is 0.373 e. The van der Waals surface area contributed by atoms with Gasteiger partial charge in [0, 0.05) is 0 Å². The molecule has 0 bridgehead atoms.